The van der Waals surface area contributed by atoms with E-state index >= 15 is 0 Å². The summed E-state index contributed by atoms with van der Waals surface area (Å²) >= 11 is 0. The molecule has 17 heavy (non-hydrogen) atoms. The lowest BCUT2D eigenvalue weighted by Gasteiger charge is -2.21. The zero-order chi connectivity index (χ0) is 13.1. The van der Waals surface area contributed by atoms with Gasteiger partial charge >= 0.3 is 5.97 Å². The van der Waals surface area contributed by atoms with Crippen molar-refractivity contribution in [3.05, 3.63) is 29.3 Å². The molecular weight excluding hydrogens is 216 g/mol. The van der Waals surface area contributed by atoms with Crippen molar-refractivity contribution in [2.45, 2.75) is 45.4 Å². The Morgan fingerprint density at radius 1 is 1.29 bits per heavy atom. The van der Waals surface area contributed by atoms with Gasteiger partial charge in [-0.25, -0.2) is 0 Å². The summed E-state index contributed by atoms with van der Waals surface area (Å²) in [4.78, 5) is 10.4. The number of para-hydroxylation sites is 1. The van der Waals surface area contributed by atoms with Gasteiger partial charge in [0.25, 0.3) is 0 Å². The average molecular weight is 236 g/mol. The van der Waals surface area contributed by atoms with Crippen molar-refractivity contribution in [3.63, 3.8) is 0 Å². The number of carboxylic acids is 1. The number of rotatable bonds is 4. The van der Waals surface area contributed by atoms with E-state index in [4.69, 9.17) is 5.11 Å². The second kappa shape index (κ2) is 5.21. The fraction of sp³-hybridized carbons (Fsp3) is 0.500. The second-order valence-electron chi connectivity index (χ2n) is 5.31. The van der Waals surface area contributed by atoms with Gasteiger partial charge in [-0.05, 0) is 29.4 Å². The third-order valence-corrected chi connectivity index (χ3v) is 2.76. The van der Waals surface area contributed by atoms with Crippen LogP contribution in [0.15, 0.2) is 18.2 Å². The molecule has 1 aromatic rings. The number of phenols is 1. The van der Waals surface area contributed by atoms with E-state index in [9.17, 15) is 9.90 Å². The highest BCUT2D eigenvalue weighted by molar-refractivity contribution is 5.66. The molecule has 0 heterocycles. The van der Waals surface area contributed by atoms with Gasteiger partial charge in [0.05, 0.1) is 0 Å². The van der Waals surface area contributed by atoms with Crippen molar-refractivity contribution in [3.8, 4) is 5.75 Å². The van der Waals surface area contributed by atoms with Crippen LogP contribution < -0.4 is 0 Å². The van der Waals surface area contributed by atoms with Gasteiger partial charge in [0.15, 0.2) is 0 Å². The van der Waals surface area contributed by atoms with Crippen LogP contribution in [0.1, 0.15) is 44.7 Å². The Bertz CT molecular complexity index is 402. The molecule has 0 saturated heterocycles. The van der Waals surface area contributed by atoms with E-state index in [0.717, 1.165) is 11.1 Å². The fourth-order valence-corrected chi connectivity index (χ4v) is 1.83. The highest BCUT2D eigenvalue weighted by Gasteiger charge is 2.19. The third kappa shape index (κ3) is 3.77. The maximum atomic E-state index is 10.4. The van der Waals surface area contributed by atoms with Crippen LogP contribution in [0.5, 0.6) is 5.75 Å². The highest BCUT2D eigenvalue weighted by Crippen LogP contribution is 2.33. The molecule has 0 atom stereocenters. The molecule has 0 fully saturated rings. The number of benzene rings is 1. The van der Waals surface area contributed by atoms with E-state index in [-0.39, 0.29) is 11.8 Å². The van der Waals surface area contributed by atoms with Crippen LogP contribution in [0.2, 0.25) is 0 Å². The smallest absolute Gasteiger partial charge is 0.303 e. The average Bonchev–Trinajstić information content (AvgIpc) is 2.18. The summed E-state index contributed by atoms with van der Waals surface area (Å²) < 4.78 is 0. The Morgan fingerprint density at radius 2 is 1.94 bits per heavy atom. The Labute approximate surface area is 102 Å². The van der Waals surface area contributed by atoms with Gasteiger partial charge in [0.2, 0.25) is 0 Å². The van der Waals surface area contributed by atoms with Crippen molar-refractivity contribution in [1.82, 2.24) is 0 Å². The quantitative estimate of drug-likeness (QED) is 0.844. The van der Waals surface area contributed by atoms with Gasteiger partial charge in [-0.2, -0.15) is 0 Å². The van der Waals surface area contributed by atoms with E-state index in [2.05, 4.69) is 0 Å². The molecule has 3 heteroatoms. The first-order valence-corrected chi connectivity index (χ1v) is 5.85. The Hall–Kier alpha value is -1.51. The highest BCUT2D eigenvalue weighted by atomic mass is 16.4. The van der Waals surface area contributed by atoms with Gasteiger partial charge < -0.3 is 10.2 Å². The molecule has 0 aliphatic carbocycles. The third-order valence-electron chi connectivity index (χ3n) is 2.76. The van der Waals surface area contributed by atoms with Crippen LogP contribution >= 0.6 is 0 Å². The number of hydrogen-bond acceptors (Lipinski definition) is 2. The largest absolute Gasteiger partial charge is 0.507 e. The molecule has 0 aliphatic heterocycles. The van der Waals surface area contributed by atoms with E-state index in [0.29, 0.717) is 18.6 Å². The van der Waals surface area contributed by atoms with Crippen LogP contribution in [-0.4, -0.2) is 16.2 Å². The summed E-state index contributed by atoms with van der Waals surface area (Å²) in [6, 6.07) is 5.68. The lowest BCUT2D eigenvalue weighted by atomic mass is 9.84. The van der Waals surface area contributed by atoms with Crippen molar-refractivity contribution in [1.29, 1.82) is 0 Å². The van der Waals surface area contributed by atoms with Gasteiger partial charge in [0.1, 0.15) is 5.75 Å². The molecule has 0 amide bonds. The maximum Gasteiger partial charge on any atom is 0.303 e. The minimum atomic E-state index is -0.795. The maximum absolute atomic E-state index is 10.4. The number of aryl methyl sites for hydroxylation is 1. The standard InChI is InChI=1S/C14H20O3/c1-14(2,3)11-8-4-6-10(13(11)17)7-5-9-12(15)16/h4,6,8,17H,5,7,9H2,1-3H3,(H,15,16). The zero-order valence-electron chi connectivity index (χ0n) is 10.7. The molecule has 94 valence electrons. The molecular formula is C14H20O3. The first kappa shape index (κ1) is 13.6. The first-order chi connectivity index (χ1) is 7.82. The monoisotopic (exact) mass is 236 g/mol. The minimum absolute atomic E-state index is 0.104. The predicted octanol–water partition coefficient (Wildman–Crippen LogP) is 3.10. The zero-order valence-corrected chi connectivity index (χ0v) is 10.7. The van der Waals surface area contributed by atoms with Crippen molar-refractivity contribution in [2.24, 2.45) is 0 Å². The van der Waals surface area contributed by atoms with E-state index in [1.807, 2.05) is 39.0 Å². The summed E-state index contributed by atoms with van der Waals surface area (Å²) in [5.74, 6) is -0.484. The topological polar surface area (TPSA) is 57.5 Å². The molecule has 0 saturated carbocycles. The van der Waals surface area contributed by atoms with E-state index in [1.165, 1.54) is 0 Å². The summed E-state index contributed by atoms with van der Waals surface area (Å²) in [6.07, 6.45) is 1.29. The normalized spacial score (nSPS) is 11.5. The molecule has 0 unspecified atom stereocenters. The van der Waals surface area contributed by atoms with E-state index in [1.54, 1.807) is 0 Å². The number of phenolic OH excluding ortho intramolecular Hbond substituents is 1. The van der Waals surface area contributed by atoms with Crippen molar-refractivity contribution >= 4 is 5.97 Å². The second-order valence-corrected chi connectivity index (χ2v) is 5.31. The molecule has 1 rings (SSSR count). The summed E-state index contributed by atoms with van der Waals surface area (Å²) in [5.41, 5.74) is 1.64. The summed E-state index contributed by atoms with van der Waals surface area (Å²) in [6.45, 7) is 6.13. The number of aliphatic carboxylic acids is 1. The van der Waals surface area contributed by atoms with Gasteiger partial charge in [-0.1, -0.05) is 39.0 Å². The first-order valence-electron chi connectivity index (χ1n) is 5.85. The molecule has 0 radical (unpaired) electrons. The lowest BCUT2D eigenvalue weighted by Crippen LogP contribution is -2.12. The van der Waals surface area contributed by atoms with Gasteiger partial charge in [-0.3, -0.25) is 4.79 Å². The van der Waals surface area contributed by atoms with Crippen LogP contribution in [-0.2, 0) is 16.6 Å². The van der Waals surface area contributed by atoms with Gasteiger partial charge in [0, 0.05) is 6.42 Å². The summed E-state index contributed by atoms with van der Waals surface area (Å²) in [5, 5.41) is 18.7. The minimum Gasteiger partial charge on any atom is -0.507 e. The van der Waals surface area contributed by atoms with Crippen LogP contribution in [0.3, 0.4) is 0 Å². The Balaban J connectivity index is 2.84. The lowest BCUT2D eigenvalue weighted by molar-refractivity contribution is -0.137. The fourth-order valence-electron chi connectivity index (χ4n) is 1.83. The molecule has 3 nitrogen and oxygen atoms in total. The molecule has 0 aliphatic rings. The van der Waals surface area contributed by atoms with Crippen molar-refractivity contribution < 1.29 is 15.0 Å². The SMILES string of the molecule is CC(C)(C)c1cccc(CCCC(=O)O)c1O. The molecule has 2 N–H and O–H groups in total. The molecule has 0 aromatic heterocycles. The van der Waals surface area contributed by atoms with Crippen LogP contribution in [0.25, 0.3) is 0 Å². The molecule has 1 aromatic carbocycles. The number of carboxylic acid groups (broad SMARTS) is 1. The number of carbonyl (C=O) groups is 1. The number of hydrogen-bond donors (Lipinski definition) is 2. The molecule has 0 bridgehead atoms. The molecule has 0 spiro atoms. The van der Waals surface area contributed by atoms with Crippen molar-refractivity contribution in [2.75, 3.05) is 0 Å². The van der Waals surface area contributed by atoms with Gasteiger partial charge in [-0.15, -0.1) is 0 Å². The number of aromatic hydroxyl groups is 1. The van der Waals surface area contributed by atoms with Crippen LogP contribution in [0, 0.1) is 0 Å². The van der Waals surface area contributed by atoms with E-state index < -0.39 is 5.97 Å². The summed E-state index contributed by atoms with van der Waals surface area (Å²) in [7, 11) is 0. The Morgan fingerprint density at radius 3 is 2.47 bits per heavy atom. The Kier molecular flexibility index (Phi) is 4.16. The van der Waals surface area contributed by atoms with Crippen LogP contribution in [0.4, 0.5) is 0 Å². The predicted molar refractivity (Wildman–Crippen MR) is 67.4 cm³/mol.